The first kappa shape index (κ1) is 33.0. The number of nitrogens with one attached hydrogen (secondary N) is 2. The number of anilines is 2. The minimum Gasteiger partial charge on any atom is -0.457 e. The zero-order chi connectivity index (χ0) is 34.1. The van der Waals surface area contributed by atoms with Gasteiger partial charge in [-0.15, -0.1) is 5.10 Å². The Morgan fingerprint density at radius 2 is 1.52 bits per heavy atom. The van der Waals surface area contributed by atoms with Gasteiger partial charge >= 0.3 is 6.03 Å². The zero-order valence-electron chi connectivity index (χ0n) is 26.8. The number of para-hydroxylation sites is 2. The molecule has 1 aromatic heterocycles. The van der Waals surface area contributed by atoms with E-state index < -0.39 is 12.3 Å². The first-order valence-electron chi connectivity index (χ1n) is 16.1. The highest BCUT2D eigenvalue weighted by molar-refractivity contribution is 7.99. The van der Waals surface area contributed by atoms with Gasteiger partial charge in [0.25, 0.3) is 0 Å². The van der Waals surface area contributed by atoms with E-state index >= 15 is 0 Å². The molecular weight excluding hydrogens is 653 g/mol. The number of aliphatic hydroxyl groups is 1. The summed E-state index contributed by atoms with van der Waals surface area (Å²) in [6, 6.07) is 41.2. The molecule has 0 bridgehead atoms. The maximum Gasteiger partial charge on any atom is 0.323 e. The third kappa shape index (κ3) is 8.36. The lowest BCUT2D eigenvalue weighted by Gasteiger charge is -2.36. The molecule has 1 saturated heterocycles. The molecule has 3 atom stereocenters. The molecule has 0 spiro atoms. The van der Waals surface area contributed by atoms with Crippen LogP contribution in [0.4, 0.5) is 16.2 Å². The maximum atomic E-state index is 13.0. The van der Waals surface area contributed by atoms with Crippen LogP contribution in [0.1, 0.15) is 35.5 Å². The summed E-state index contributed by atoms with van der Waals surface area (Å²) in [6.45, 7) is -0.0334. The van der Waals surface area contributed by atoms with Gasteiger partial charge < -0.3 is 30.0 Å². The number of nitrogens with zero attached hydrogens (tertiary/aromatic N) is 4. The van der Waals surface area contributed by atoms with Gasteiger partial charge in [0.15, 0.2) is 6.29 Å². The molecule has 5 aromatic carbocycles. The lowest BCUT2D eigenvalue weighted by molar-refractivity contribution is -0.245. The van der Waals surface area contributed by atoms with Crippen LogP contribution in [0.15, 0.2) is 139 Å². The summed E-state index contributed by atoms with van der Waals surface area (Å²) in [5.41, 5.74) is 4.63. The normalized spacial score (nSPS) is 17.2. The summed E-state index contributed by atoms with van der Waals surface area (Å²) in [4.78, 5) is 13.0. The summed E-state index contributed by atoms with van der Waals surface area (Å²) in [5.74, 6) is 1.97. The number of carbonyl (C=O) groups excluding carboxylic acids is 1. The Bertz CT molecular complexity index is 1990. The van der Waals surface area contributed by atoms with E-state index in [-0.39, 0.29) is 18.8 Å². The molecule has 6 aromatic rings. The number of aliphatic hydroxyl groups excluding tert-OH is 1. The lowest BCUT2D eigenvalue weighted by Crippen LogP contribution is -2.31. The number of aromatic nitrogens is 4. The second-order valence-corrected chi connectivity index (χ2v) is 12.5. The number of benzene rings is 5. The Hall–Kier alpha value is -5.53. The van der Waals surface area contributed by atoms with Crippen molar-refractivity contribution in [3.05, 3.63) is 150 Å². The summed E-state index contributed by atoms with van der Waals surface area (Å²) in [6.07, 6.45) is -0.587. The number of ether oxygens (including phenoxy) is 3. The second-order valence-electron chi connectivity index (χ2n) is 11.5. The Morgan fingerprint density at radius 1 is 0.800 bits per heavy atom. The largest absolute Gasteiger partial charge is 0.457 e. The maximum absolute atomic E-state index is 13.0. The Morgan fingerprint density at radius 3 is 2.28 bits per heavy atom. The minimum atomic E-state index is -0.705. The number of hydrogen-bond acceptors (Lipinski definition) is 9. The third-order valence-electron chi connectivity index (χ3n) is 7.96. The van der Waals surface area contributed by atoms with Crippen molar-refractivity contribution in [1.29, 1.82) is 0 Å². The molecule has 1 aliphatic heterocycles. The average Bonchev–Trinajstić information content (AvgIpc) is 3.64. The lowest BCUT2D eigenvalue weighted by atomic mass is 10.0. The van der Waals surface area contributed by atoms with E-state index in [0.717, 1.165) is 28.1 Å². The number of thioether (sulfide) groups is 1. The van der Waals surface area contributed by atoms with Crippen LogP contribution < -0.4 is 15.4 Å². The summed E-state index contributed by atoms with van der Waals surface area (Å²) in [7, 11) is 0. The molecule has 3 N–H and O–H groups in total. The van der Waals surface area contributed by atoms with E-state index in [1.165, 1.54) is 11.8 Å². The molecule has 12 heteroatoms. The quantitative estimate of drug-likeness (QED) is 0.116. The number of amides is 2. The number of carbonyl (C=O) groups is 1. The fraction of sp³-hybridized carbons (Fsp3) is 0.158. The highest BCUT2D eigenvalue weighted by atomic mass is 32.2. The SMILES string of the molecule is O=C(Nc1ccc(Oc2ccccc2)cc1)Nc1cccc([C@@H]2O[C@H](CSc3nnnn3-c3ccccc3)C[C@H](c3ccc(CO)cc3)O2)c1. The van der Waals surface area contributed by atoms with Gasteiger partial charge in [-0.25, -0.2) is 4.79 Å². The van der Waals surface area contributed by atoms with Gasteiger partial charge in [0.05, 0.1) is 24.5 Å². The Kier molecular flexibility index (Phi) is 10.4. The molecule has 2 amide bonds. The van der Waals surface area contributed by atoms with Crippen LogP contribution in [-0.4, -0.2) is 43.2 Å². The van der Waals surface area contributed by atoms with Crippen LogP contribution in [0.3, 0.4) is 0 Å². The fourth-order valence-corrected chi connectivity index (χ4v) is 6.39. The second kappa shape index (κ2) is 15.8. The van der Waals surface area contributed by atoms with E-state index in [9.17, 15) is 9.90 Å². The Labute approximate surface area is 293 Å². The number of tetrazole rings is 1. The van der Waals surface area contributed by atoms with Crippen LogP contribution in [0.25, 0.3) is 5.69 Å². The summed E-state index contributed by atoms with van der Waals surface area (Å²) < 4.78 is 20.6. The van der Waals surface area contributed by atoms with Crippen LogP contribution in [0.2, 0.25) is 0 Å². The molecule has 1 aliphatic rings. The van der Waals surface area contributed by atoms with Gasteiger partial charge in [0.2, 0.25) is 5.16 Å². The first-order chi connectivity index (χ1) is 24.6. The van der Waals surface area contributed by atoms with Gasteiger partial charge in [-0.2, -0.15) is 4.68 Å². The van der Waals surface area contributed by atoms with Crippen molar-refractivity contribution in [1.82, 2.24) is 20.2 Å². The van der Waals surface area contributed by atoms with E-state index in [2.05, 4.69) is 26.2 Å². The van der Waals surface area contributed by atoms with Crippen LogP contribution in [0.5, 0.6) is 11.5 Å². The molecule has 0 aliphatic carbocycles. The number of hydrogen-bond donors (Lipinski definition) is 3. The van der Waals surface area contributed by atoms with E-state index in [0.29, 0.717) is 34.5 Å². The van der Waals surface area contributed by atoms with E-state index in [1.54, 1.807) is 28.9 Å². The number of urea groups is 1. The molecule has 50 heavy (non-hydrogen) atoms. The summed E-state index contributed by atoms with van der Waals surface area (Å²) >= 11 is 1.51. The number of rotatable bonds is 11. The van der Waals surface area contributed by atoms with Crippen LogP contribution in [-0.2, 0) is 16.1 Å². The van der Waals surface area contributed by atoms with Crippen LogP contribution >= 0.6 is 11.8 Å². The molecule has 0 unspecified atom stereocenters. The van der Waals surface area contributed by atoms with Crippen molar-refractivity contribution in [3.8, 4) is 17.2 Å². The molecule has 0 saturated carbocycles. The van der Waals surface area contributed by atoms with Crippen molar-refractivity contribution < 1.29 is 24.1 Å². The molecular formula is C38H34N6O5S. The zero-order valence-corrected chi connectivity index (χ0v) is 27.6. The highest BCUT2D eigenvalue weighted by Crippen LogP contribution is 2.40. The van der Waals surface area contributed by atoms with Crippen molar-refractivity contribution in [2.45, 2.75) is 36.7 Å². The van der Waals surface area contributed by atoms with Crippen molar-refractivity contribution in [2.24, 2.45) is 0 Å². The van der Waals surface area contributed by atoms with Crippen LogP contribution in [0, 0.1) is 0 Å². The standard InChI is InChI=1S/C38H34N6O5S/c45-24-26-14-16-27(17-15-26)35-23-34(25-50-38-41-42-43-44(38)31-10-3-1-4-11-31)48-36(49-35)28-8-7-9-30(22-28)40-37(46)39-29-18-20-33(21-19-29)47-32-12-5-2-6-13-32/h1-22,34-36,45H,23-25H2,(H2,39,40,46)/t34-,35+,36+/m0/s1. The van der Waals surface area contributed by atoms with Crippen molar-refractivity contribution >= 4 is 29.2 Å². The van der Waals surface area contributed by atoms with E-state index in [4.69, 9.17) is 14.2 Å². The Balaban J connectivity index is 1.03. The van der Waals surface area contributed by atoms with Crippen molar-refractivity contribution in [2.75, 3.05) is 16.4 Å². The fourth-order valence-electron chi connectivity index (χ4n) is 5.48. The highest BCUT2D eigenvalue weighted by Gasteiger charge is 2.33. The molecule has 1 fully saturated rings. The predicted octanol–water partition coefficient (Wildman–Crippen LogP) is 7.93. The topological polar surface area (TPSA) is 133 Å². The smallest absolute Gasteiger partial charge is 0.323 e. The van der Waals surface area contributed by atoms with Gasteiger partial charge in [-0.05, 0) is 82.2 Å². The van der Waals surface area contributed by atoms with Gasteiger partial charge in [-0.3, -0.25) is 0 Å². The molecule has 7 rings (SSSR count). The monoisotopic (exact) mass is 686 g/mol. The van der Waals surface area contributed by atoms with Gasteiger partial charge in [-0.1, -0.05) is 84.6 Å². The minimum absolute atomic E-state index is 0.0334. The molecule has 0 radical (unpaired) electrons. The predicted molar refractivity (Wildman–Crippen MR) is 190 cm³/mol. The van der Waals surface area contributed by atoms with Crippen molar-refractivity contribution in [3.63, 3.8) is 0 Å². The first-order valence-corrected chi connectivity index (χ1v) is 17.1. The molecule has 2 heterocycles. The molecule has 11 nitrogen and oxygen atoms in total. The summed E-state index contributed by atoms with van der Waals surface area (Å²) in [5, 5.41) is 28.3. The third-order valence-corrected chi connectivity index (χ3v) is 9.01. The van der Waals surface area contributed by atoms with Gasteiger partial charge in [0.1, 0.15) is 11.5 Å². The van der Waals surface area contributed by atoms with E-state index in [1.807, 2.05) is 109 Å². The van der Waals surface area contributed by atoms with Gasteiger partial charge in [0, 0.05) is 29.1 Å². The molecule has 252 valence electrons. The average molecular weight is 687 g/mol.